The second-order valence-corrected chi connectivity index (χ2v) is 9.09. The van der Waals surface area contributed by atoms with E-state index in [1.807, 2.05) is 42.5 Å². The van der Waals surface area contributed by atoms with E-state index < -0.39 is 12.0 Å². The molecule has 1 aliphatic rings. The summed E-state index contributed by atoms with van der Waals surface area (Å²) in [5, 5.41) is 9.95. The molecular formula is C29H33NO5. The molecule has 0 spiro atoms. The van der Waals surface area contributed by atoms with Crippen molar-refractivity contribution < 1.29 is 24.1 Å². The van der Waals surface area contributed by atoms with Gasteiger partial charge in [-0.25, -0.2) is 0 Å². The van der Waals surface area contributed by atoms with Crippen LogP contribution in [0, 0.1) is 13.8 Å². The van der Waals surface area contributed by atoms with E-state index in [-0.39, 0.29) is 6.04 Å². The van der Waals surface area contributed by atoms with Crippen LogP contribution in [0.15, 0.2) is 60.7 Å². The van der Waals surface area contributed by atoms with Crippen LogP contribution in [0.25, 0.3) is 0 Å². The van der Waals surface area contributed by atoms with Gasteiger partial charge in [-0.2, -0.15) is 0 Å². The lowest BCUT2D eigenvalue weighted by molar-refractivity contribution is -0.142. The molecule has 1 aliphatic heterocycles. The molecule has 1 heterocycles. The molecule has 0 amide bonds. The number of rotatable bonds is 9. The minimum Gasteiger partial charge on any atom is -0.493 e. The largest absolute Gasteiger partial charge is 0.493 e. The number of methoxy groups -OCH3 is 2. The molecule has 3 aromatic rings. The van der Waals surface area contributed by atoms with Gasteiger partial charge in [0.15, 0.2) is 11.5 Å². The summed E-state index contributed by atoms with van der Waals surface area (Å²) in [6, 6.07) is 19.4. The molecule has 0 aromatic heterocycles. The molecule has 1 N–H and O–H groups in total. The fourth-order valence-corrected chi connectivity index (χ4v) is 5.04. The first-order valence-corrected chi connectivity index (χ1v) is 11.9. The second kappa shape index (κ2) is 10.8. The van der Waals surface area contributed by atoms with Gasteiger partial charge < -0.3 is 19.3 Å². The average molecular weight is 476 g/mol. The maximum atomic E-state index is 12.1. The van der Waals surface area contributed by atoms with Crippen LogP contribution in [-0.2, 0) is 11.4 Å². The molecule has 2 atom stereocenters. The van der Waals surface area contributed by atoms with Gasteiger partial charge in [0.1, 0.15) is 12.6 Å². The predicted molar refractivity (Wildman–Crippen MR) is 135 cm³/mol. The fraction of sp³-hybridized carbons (Fsp3) is 0.345. The maximum Gasteiger partial charge on any atom is 0.320 e. The van der Waals surface area contributed by atoms with Crippen molar-refractivity contribution in [2.75, 3.05) is 20.8 Å². The standard InChI is InChI=1S/C29H33NO5/c1-19-13-20(2)15-22(14-19)27(30-12-8-11-24(30)29(31)32)23-16-25(33-3)28(26(17-23)34-4)35-18-21-9-6-5-7-10-21/h5-7,9-10,13-17,24,27H,8,11-12,18H2,1-4H3,(H,31,32). The normalized spacial score (nSPS) is 16.6. The van der Waals surface area contributed by atoms with E-state index in [0.717, 1.165) is 34.2 Å². The van der Waals surface area contributed by atoms with Crippen molar-refractivity contribution >= 4 is 5.97 Å². The number of likely N-dealkylation sites (tertiary alicyclic amines) is 1. The van der Waals surface area contributed by atoms with Crippen LogP contribution < -0.4 is 14.2 Å². The first kappa shape index (κ1) is 24.6. The van der Waals surface area contributed by atoms with Crippen molar-refractivity contribution in [3.05, 3.63) is 88.5 Å². The van der Waals surface area contributed by atoms with Crippen molar-refractivity contribution in [3.63, 3.8) is 0 Å². The highest BCUT2D eigenvalue weighted by Crippen LogP contribution is 2.44. The molecular weight excluding hydrogens is 442 g/mol. The van der Waals surface area contributed by atoms with E-state index in [4.69, 9.17) is 14.2 Å². The van der Waals surface area contributed by atoms with E-state index in [1.54, 1.807) is 14.2 Å². The molecule has 0 saturated carbocycles. The van der Waals surface area contributed by atoms with Crippen LogP contribution in [0.4, 0.5) is 0 Å². The topological polar surface area (TPSA) is 68.2 Å². The summed E-state index contributed by atoms with van der Waals surface area (Å²) in [5.41, 5.74) is 5.27. The van der Waals surface area contributed by atoms with Crippen LogP contribution in [0.3, 0.4) is 0 Å². The minimum absolute atomic E-state index is 0.261. The number of nitrogens with zero attached hydrogens (tertiary/aromatic N) is 1. The molecule has 6 nitrogen and oxygen atoms in total. The zero-order chi connectivity index (χ0) is 24.9. The van der Waals surface area contributed by atoms with Crippen LogP contribution in [0.1, 0.15) is 46.7 Å². The summed E-state index contributed by atoms with van der Waals surface area (Å²) in [6.45, 7) is 5.20. The van der Waals surface area contributed by atoms with Gasteiger partial charge in [0.05, 0.1) is 20.3 Å². The average Bonchev–Trinajstić information content (AvgIpc) is 3.32. The van der Waals surface area contributed by atoms with E-state index in [0.29, 0.717) is 36.8 Å². The predicted octanol–water partition coefficient (Wildman–Crippen LogP) is 5.54. The van der Waals surface area contributed by atoms with Gasteiger partial charge in [0.2, 0.25) is 5.75 Å². The lowest BCUT2D eigenvalue weighted by atomic mass is 9.93. The Bertz CT molecular complexity index is 1130. The van der Waals surface area contributed by atoms with Crippen molar-refractivity contribution in [2.45, 2.75) is 45.4 Å². The van der Waals surface area contributed by atoms with Gasteiger partial charge in [-0.05, 0) is 55.5 Å². The van der Waals surface area contributed by atoms with Gasteiger partial charge in [-0.1, -0.05) is 59.7 Å². The Labute approximate surface area is 207 Å². The molecule has 184 valence electrons. The van der Waals surface area contributed by atoms with Crippen molar-refractivity contribution in [1.82, 2.24) is 4.90 Å². The van der Waals surface area contributed by atoms with Gasteiger partial charge in [-0.3, -0.25) is 9.69 Å². The van der Waals surface area contributed by atoms with Gasteiger partial charge in [0, 0.05) is 6.54 Å². The van der Waals surface area contributed by atoms with E-state index in [1.165, 1.54) is 0 Å². The Balaban J connectivity index is 1.79. The molecule has 3 aromatic carbocycles. The third-order valence-corrected chi connectivity index (χ3v) is 6.50. The maximum absolute atomic E-state index is 12.1. The second-order valence-electron chi connectivity index (χ2n) is 9.09. The zero-order valence-electron chi connectivity index (χ0n) is 20.8. The summed E-state index contributed by atoms with van der Waals surface area (Å²) in [7, 11) is 3.21. The van der Waals surface area contributed by atoms with Crippen LogP contribution in [0.2, 0.25) is 0 Å². The molecule has 1 fully saturated rings. The number of carbonyl (C=O) groups is 1. The Kier molecular flexibility index (Phi) is 7.61. The van der Waals surface area contributed by atoms with Crippen LogP contribution in [0.5, 0.6) is 17.2 Å². The number of aliphatic carboxylic acids is 1. The summed E-state index contributed by atoms with van der Waals surface area (Å²) in [4.78, 5) is 14.2. The fourth-order valence-electron chi connectivity index (χ4n) is 5.04. The lowest BCUT2D eigenvalue weighted by Gasteiger charge is -2.33. The molecule has 2 unspecified atom stereocenters. The number of ether oxygens (including phenoxy) is 3. The number of benzene rings is 3. The summed E-state index contributed by atoms with van der Waals surface area (Å²) < 4.78 is 17.6. The van der Waals surface area contributed by atoms with E-state index in [9.17, 15) is 9.90 Å². The summed E-state index contributed by atoms with van der Waals surface area (Å²) in [5.74, 6) is 0.836. The first-order valence-electron chi connectivity index (χ1n) is 11.9. The highest BCUT2D eigenvalue weighted by atomic mass is 16.5. The molecule has 4 rings (SSSR count). The highest BCUT2D eigenvalue weighted by Gasteiger charge is 2.37. The molecule has 0 radical (unpaired) electrons. The molecule has 6 heteroatoms. The van der Waals surface area contributed by atoms with E-state index in [2.05, 4.69) is 36.9 Å². The van der Waals surface area contributed by atoms with Gasteiger partial charge in [0.25, 0.3) is 0 Å². The summed E-state index contributed by atoms with van der Waals surface area (Å²) >= 11 is 0. The number of hydrogen-bond acceptors (Lipinski definition) is 5. The number of hydrogen-bond donors (Lipinski definition) is 1. The highest BCUT2D eigenvalue weighted by molar-refractivity contribution is 5.74. The molecule has 0 bridgehead atoms. The van der Waals surface area contributed by atoms with Crippen LogP contribution in [-0.4, -0.2) is 42.8 Å². The molecule has 0 aliphatic carbocycles. The van der Waals surface area contributed by atoms with Gasteiger partial charge >= 0.3 is 5.97 Å². The Hall–Kier alpha value is -3.51. The number of carboxylic acids is 1. The Morgan fingerprint density at radius 3 is 2.14 bits per heavy atom. The zero-order valence-corrected chi connectivity index (χ0v) is 20.8. The van der Waals surface area contributed by atoms with Gasteiger partial charge in [-0.15, -0.1) is 0 Å². The van der Waals surface area contributed by atoms with Crippen LogP contribution >= 0.6 is 0 Å². The van der Waals surface area contributed by atoms with Crippen molar-refractivity contribution in [2.24, 2.45) is 0 Å². The molecule has 35 heavy (non-hydrogen) atoms. The van der Waals surface area contributed by atoms with Crippen molar-refractivity contribution in [3.8, 4) is 17.2 Å². The Morgan fingerprint density at radius 1 is 0.971 bits per heavy atom. The quantitative estimate of drug-likeness (QED) is 0.438. The SMILES string of the molecule is COc1cc(C(c2cc(C)cc(C)c2)N2CCCC2C(=O)O)cc(OC)c1OCc1ccccc1. The third-order valence-electron chi connectivity index (χ3n) is 6.50. The Morgan fingerprint density at radius 2 is 1.57 bits per heavy atom. The number of aryl methyl sites for hydroxylation is 2. The first-order chi connectivity index (χ1) is 16.9. The van der Waals surface area contributed by atoms with E-state index >= 15 is 0 Å². The van der Waals surface area contributed by atoms with Crippen molar-refractivity contribution in [1.29, 1.82) is 0 Å². The monoisotopic (exact) mass is 475 g/mol. The minimum atomic E-state index is -0.793. The number of carboxylic acid groups (broad SMARTS) is 1. The summed E-state index contributed by atoms with van der Waals surface area (Å²) in [6.07, 6.45) is 1.47. The third kappa shape index (κ3) is 5.43. The lowest BCUT2D eigenvalue weighted by Crippen LogP contribution is -2.39. The molecule has 1 saturated heterocycles. The smallest absolute Gasteiger partial charge is 0.320 e.